The molecule has 0 spiro atoms. The lowest BCUT2D eigenvalue weighted by atomic mass is 9.97. The summed E-state index contributed by atoms with van der Waals surface area (Å²) in [5.74, 6) is 7.03. The Hall–Kier alpha value is -2.64. The van der Waals surface area contributed by atoms with E-state index < -0.39 is 0 Å². The van der Waals surface area contributed by atoms with Crippen LogP contribution in [0.5, 0.6) is 0 Å². The summed E-state index contributed by atoms with van der Waals surface area (Å²) >= 11 is 0. The van der Waals surface area contributed by atoms with Gasteiger partial charge < -0.3 is 4.57 Å². The number of terminal acetylenes is 2. The van der Waals surface area contributed by atoms with Crippen molar-refractivity contribution in [2.45, 2.75) is 53.0 Å². The summed E-state index contributed by atoms with van der Waals surface area (Å²) in [7, 11) is 0. The van der Waals surface area contributed by atoms with Crippen molar-refractivity contribution in [3.8, 4) is 24.7 Å². The molecule has 1 aromatic heterocycles. The average Bonchev–Trinajstić information content (AvgIpc) is 2.98. The fourth-order valence-corrected chi connectivity index (χ4v) is 3.89. The molecule has 0 saturated carbocycles. The van der Waals surface area contributed by atoms with Crippen LogP contribution in [0.15, 0.2) is 36.4 Å². The Morgan fingerprint density at radius 2 is 1.37 bits per heavy atom. The summed E-state index contributed by atoms with van der Waals surface area (Å²) in [5, 5.41) is 2.40. The third kappa shape index (κ3) is 4.20. The Morgan fingerprint density at radius 3 is 1.85 bits per heavy atom. The van der Waals surface area contributed by atoms with Gasteiger partial charge in [-0.05, 0) is 54.7 Å². The van der Waals surface area contributed by atoms with Crippen molar-refractivity contribution < 1.29 is 0 Å². The van der Waals surface area contributed by atoms with E-state index in [1.54, 1.807) is 0 Å². The highest BCUT2D eigenvalue weighted by molar-refractivity contribution is 6.08. The zero-order chi connectivity index (χ0) is 19.4. The number of rotatable bonds is 7. The Balaban J connectivity index is 1.92. The summed E-state index contributed by atoms with van der Waals surface area (Å²) in [6.45, 7) is 8.00. The fourth-order valence-electron chi connectivity index (χ4n) is 3.89. The van der Waals surface area contributed by atoms with Crippen LogP contribution in [0.2, 0.25) is 0 Å². The third-order valence-corrected chi connectivity index (χ3v) is 5.52. The molecule has 1 atom stereocenters. The van der Waals surface area contributed by atoms with Gasteiger partial charge in [0.25, 0.3) is 0 Å². The maximum absolute atomic E-state index is 5.62. The standard InChI is InChI=1S/C26H29N/c1-6-21-11-13-25-23(17-21)24-18-22(7-2)12-14-26(24)27(25)16-15-20(5)10-8-9-19(3)4/h1-2,11-14,17-20H,8-10,15-16H2,3-5H3/t20-/m1/s1. The van der Waals surface area contributed by atoms with Gasteiger partial charge in [0.05, 0.1) is 0 Å². The topological polar surface area (TPSA) is 4.93 Å². The second-order valence-electron chi connectivity index (χ2n) is 8.12. The number of fused-ring (bicyclic) bond motifs is 3. The lowest BCUT2D eigenvalue weighted by molar-refractivity contribution is 0.419. The van der Waals surface area contributed by atoms with Gasteiger partial charge in [-0.25, -0.2) is 0 Å². The number of nitrogens with zero attached hydrogens (tertiary/aromatic N) is 1. The quantitative estimate of drug-likeness (QED) is 0.420. The first-order valence-electron chi connectivity index (χ1n) is 10.0. The van der Waals surface area contributed by atoms with Crippen LogP contribution in [0.1, 0.15) is 57.6 Å². The van der Waals surface area contributed by atoms with Crippen LogP contribution in [-0.4, -0.2) is 4.57 Å². The molecule has 0 aliphatic heterocycles. The summed E-state index contributed by atoms with van der Waals surface area (Å²) in [6.07, 6.45) is 16.4. The number of hydrogen-bond donors (Lipinski definition) is 0. The summed E-state index contributed by atoms with van der Waals surface area (Å²) in [5.41, 5.74) is 4.31. The maximum atomic E-state index is 5.62. The van der Waals surface area contributed by atoms with E-state index in [4.69, 9.17) is 12.8 Å². The van der Waals surface area contributed by atoms with E-state index in [-0.39, 0.29) is 0 Å². The molecule has 27 heavy (non-hydrogen) atoms. The van der Waals surface area contributed by atoms with E-state index in [1.807, 2.05) is 12.1 Å². The van der Waals surface area contributed by atoms with Crippen molar-refractivity contribution in [3.05, 3.63) is 47.5 Å². The van der Waals surface area contributed by atoms with E-state index in [0.717, 1.165) is 29.5 Å². The van der Waals surface area contributed by atoms with Gasteiger partial charge in [0, 0.05) is 39.5 Å². The molecule has 1 heterocycles. The Kier molecular flexibility index (Phi) is 5.93. The predicted octanol–water partition coefficient (Wildman–Crippen LogP) is 6.61. The molecular weight excluding hydrogens is 326 g/mol. The van der Waals surface area contributed by atoms with Gasteiger partial charge in [-0.15, -0.1) is 12.8 Å². The average molecular weight is 356 g/mol. The van der Waals surface area contributed by atoms with E-state index in [1.165, 1.54) is 47.5 Å². The van der Waals surface area contributed by atoms with Gasteiger partial charge in [-0.2, -0.15) is 0 Å². The first-order valence-corrected chi connectivity index (χ1v) is 10.0. The number of benzene rings is 2. The zero-order valence-corrected chi connectivity index (χ0v) is 16.8. The van der Waals surface area contributed by atoms with Crippen LogP contribution in [-0.2, 0) is 6.54 Å². The first-order chi connectivity index (χ1) is 13.0. The van der Waals surface area contributed by atoms with Crippen LogP contribution in [0, 0.1) is 36.5 Å². The highest BCUT2D eigenvalue weighted by atomic mass is 15.0. The fraction of sp³-hybridized carbons (Fsp3) is 0.385. The van der Waals surface area contributed by atoms with Gasteiger partial charge in [0.1, 0.15) is 0 Å². The van der Waals surface area contributed by atoms with Crippen molar-refractivity contribution in [2.75, 3.05) is 0 Å². The molecule has 0 bridgehead atoms. The Morgan fingerprint density at radius 1 is 0.815 bits per heavy atom. The van der Waals surface area contributed by atoms with Crippen molar-refractivity contribution in [1.29, 1.82) is 0 Å². The SMILES string of the molecule is C#Cc1ccc2c(c1)c1cc(C#C)ccc1n2CC[C@H](C)CCCC(C)C. The lowest BCUT2D eigenvalue weighted by Gasteiger charge is -2.14. The Bertz CT molecular complexity index is 949. The van der Waals surface area contributed by atoms with Gasteiger partial charge in [0.15, 0.2) is 0 Å². The molecule has 0 radical (unpaired) electrons. The minimum Gasteiger partial charge on any atom is -0.340 e. The number of aromatic nitrogens is 1. The first kappa shape index (κ1) is 19.1. The summed E-state index contributed by atoms with van der Waals surface area (Å²) in [6, 6.07) is 12.6. The van der Waals surface area contributed by atoms with Gasteiger partial charge in [-0.3, -0.25) is 0 Å². The van der Waals surface area contributed by atoms with Crippen LogP contribution in [0.25, 0.3) is 21.8 Å². The second kappa shape index (κ2) is 8.37. The number of hydrogen-bond acceptors (Lipinski definition) is 0. The van der Waals surface area contributed by atoms with Crippen molar-refractivity contribution in [1.82, 2.24) is 4.57 Å². The molecule has 0 N–H and O–H groups in total. The van der Waals surface area contributed by atoms with Gasteiger partial charge in [-0.1, -0.05) is 51.9 Å². The zero-order valence-electron chi connectivity index (χ0n) is 16.8. The lowest BCUT2D eigenvalue weighted by Crippen LogP contribution is -2.04. The molecule has 2 aromatic carbocycles. The monoisotopic (exact) mass is 355 g/mol. The second-order valence-corrected chi connectivity index (χ2v) is 8.12. The number of aryl methyl sites for hydroxylation is 1. The van der Waals surface area contributed by atoms with Crippen LogP contribution in [0.3, 0.4) is 0 Å². The molecule has 3 aromatic rings. The van der Waals surface area contributed by atoms with E-state index in [2.05, 4.69) is 61.4 Å². The molecule has 138 valence electrons. The normalized spacial score (nSPS) is 12.4. The Labute approximate surface area is 163 Å². The molecule has 0 fully saturated rings. The smallest absolute Gasteiger partial charge is 0.0492 e. The van der Waals surface area contributed by atoms with Gasteiger partial charge in [0.2, 0.25) is 0 Å². The van der Waals surface area contributed by atoms with Crippen LogP contribution < -0.4 is 0 Å². The van der Waals surface area contributed by atoms with Crippen molar-refractivity contribution >= 4 is 21.8 Å². The van der Waals surface area contributed by atoms with E-state index >= 15 is 0 Å². The molecule has 0 saturated heterocycles. The highest BCUT2D eigenvalue weighted by Gasteiger charge is 2.13. The molecule has 3 rings (SSSR count). The molecule has 0 unspecified atom stereocenters. The molecule has 0 amide bonds. The maximum Gasteiger partial charge on any atom is 0.0492 e. The summed E-state index contributed by atoms with van der Waals surface area (Å²) < 4.78 is 2.43. The van der Waals surface area contributed by atoms with Crippen LogP contribution in [0.4, 0.5) is 0 Å². The minimum absolute atomic E-state index is 0.728. The summed E-state index contributed by atoms with van der Waals surface area (Å²) in [4.78, 5) is 0. The van der Waals surface area contributed by atoms with Gasteiger partial charge >= 0.3 is 0 Å². The van der Waals surface area contributed by atoms with Crippen molar-refractivity contribution in [2.24, 2.45) is 11.8 Å². The third-order valence-electron chi connectivity index (χ3n) is 5.52. The molecule has 1 heteroatoms. The largest absolute Gasteiger partial charge is 0.340 e. The predicted molar refractivity (Wildman–Crippen MR) is 118 cm³/mol. The molecular formula is C26H29N. The molecule has 0 aliphatic carbocycles. The molecule has 0 aliphatic rings. The van der Waals surface area contributed by atoms with Crippen molar-refractivity contribution in [3.63, 3.8) is 0 Å². The highest BCUT2D eigenvalue weighted by Crippen LogP contribution is 2.31. The minimum atomic E-state index is 0.728. The molecule has 1 nitrogen and oxygen atoms in total. The van der Waals surface area contributed by atoms with Crippen LogP contribution >= 0.6 is 0 Å². The van der Waals surface area contributed by atoms with E-state index in [9.17, 15) is 0 Å². The van der Waals surface area contributed by atoms with E-state index in [0.29, 0.717) is 0 Å².